The third-order valence-corrected chi connectivity index (χ3v) is 3.37. The van der Waals surface area contributed by atoms with Crippen LogP contribution in [0.15, 0.2) is 0 Å². The Morgan fingerprint density at radius 2 is 1.67 bits per heavy atom. The van der Waals surface area contributed by atoms with Gasteiger partial charge in [-0.3, -0.25) is 4.79 Å². The van der Waals surface area contributed by atoms with Crippen LogP contribution in [0.1, 0.15) is 72.1 Å². The molecule has 0 aromatic rings. The number of carboxylic acids is 1. The van der Waals surface area contributed by atoms with E-state index in [1.54, 1.807) is 0 Å². The third kappa shape index (κ3) is 4.67. The summed E-state index contributed by atoms with van der Waals surface area (Å²) in [7, 11) is 0. The fourth-order valence-corrected chi connectivity index (χ4v) is 2.21. The topological polar surface area (TPSA) is 37.3 Å². The van der Waals surface area contributed by atoms with Crippen LogP contribution in [0.4, 0.5) is 0 Å². The Labute approximate surface area is 94.1 Å². The van der Waals surface area contributed by atoms with Gasteiger partial charge in [-0.25, -0.2) is 0 Å². The van der Waals surface area contributed by atoms with Crippen molar-refractivity contribution in [1.82, 2.24) is 0 Å². The Balaban J connectivity index is 4.16. The maximum atomic E-state index is 11.3. The Morgan fingerprint density at radius 1 is 1.00 bits per heavy atom. The quantitative estimate of drug-likeness (QED) is 0.583. The van der Waals surface area contributed by atoms with Crippen molar-refractivity contribution in [3.05, 3.63) is 0 Å². The molecule has 2 nitrogen and oxygen atoms in total. The summed E-state index contributed by atoms with van der Waals surface area (Å²) in [5, 5.41) is 9.31. The van der Waals surface area contributed by atoms with E-state index in [1.807, 2.05) is 6.92 Å². The molecule has 1 unspecified atom stereocenters. The molecule has 2 heteroatoms. The number of rotatable bonds is 9. The molecule has 1 N–H and O–H groups in total. The van der Waals surface area contributed by atoms with Crippen molar-refractivity contribution in [3.63, 3.8) is 0 Å². The summed E-state index contributed by atoms with van der Waals surface area (Å²) in [6, 6.07) is 0. The van der Waals surface area contributed by atoms with Gasteiger partial charge in [0.2, 0.25) is 0 Å². The van der Waals surface area contributed by atoms with Crippen LogP contribution in [-0.2, 0) is 4.79 Å². The van der Waals surface area contributed by atoms with Crippen LogP contribution in [0.2, 0.25) is 0 Å². The molecule has 15 heavy (non-hydrogen) atoms. The van der Waals surface area contributed by atoms with Crippen molar-refractivity contribution in [1.29, 1.82) is 0 Å². The summed E-state index contributed by atoms with van der Waals surface area (Å²) in [6.07, 6.45) is 8.09. The zero-order valence-electron chi connectivity index (χ0n) is 10.5. The van der Waals surface area contributed by atoms with Crippen molar-refractivity contribution < 1.29 is 9.90 Å². The van der Waals surface area contributed by atoms with Crippen molar-refractivity contribution >= 4 is 5.97 Å². The molecular weight excluding hydrogens is 188 g/mol. The van der Waals surface area contributed by atoms with Gasteiger partial charge >= 0.3 is 5.97 Å². The first-order valence-electron chi connectivity index (χ1n) is 6.36. The molecule has 90 valence electrons. The van der Waals surface area contributed by atoms with Gasteiger partial charge in [-0.1, -0.05) is 52.9 Å². The van der Waals surface area contributed by atoms with Crippen molar-refractivity contribution in [2.45, 2.75) is 72.1 Å². The summed E-state index contributed by atoms with van der Waals surface area (Å²) in [5.74, 6) is -0.594. The molecule has 0 rings (SSSR count). The van der Waals surface area contributed by atoms with Crippen LogP contribution < -0.4 is 0 Å². The first-order chi connectivity index (χ1) is 7.13. The van der Waals surface area contributed by atoms with Crippen molar-refractivity contribution in [2.24, 2.45) is 5.41 Å². The van der Waals surface area contributed by atoms with E-state index >= 15 is 0 Å². The summed E-state index contributed by atoms with van der Waals surface area (Å²) in [6.45, 7) is 6.25. The van der Waals surface area contributed by atoms with Gasteiger partial charge in [-0.2, -0.15) is 0 Å². The predicted octanol–water partition coefficient (Wildman–Crippen LogP) is 4.24. The Morgan fingerprint density at radius 3 is 2.07 bits per heavy atom. The number of carboxylic acid groups (broad SMARTS) is 1. The molecule has 0 spiro atoms. The summed E-state index contributed by atoms with van der Waals surface area (Å²) in [5.41, 5.74) is -0.442. The molecule has 1 atom stereocenters. The van der Waals surface area contributed by atoms with E-state index in [-0.39, 0.29) is 0 Å². The lowest BCUT2D eigenvalue weighted by molar-refractivity contribution is -0.150. The van der Waals surface area contributed by atoms with Crippen molar-refractivity contribution in [2.75, 3.05) is 0 Å². The SMILES string of the molecule is CCCCCCC(CC)(CCC)C(=O)O. The molecule has 0 saturated heterocycles. The van der Waals surface area contributed by atoms with E-state index in [1.165, 1.54) is 19.3 Å². The highest BCUT2D eigenvalue weighted by Gasteiger charge is 2.34. The first-order valence-corrected chi connectivity index (χ1v) is 6.36. The van der Waals surface area contributed by atoms with Crippen LogP contribution in [0.25, 0.3) is 0 Å². The molecular formula is C13H26O2. The van der Waals surface area contributed by atoms with Gasteiger partial charge in [0.15, 0.2) is 0 Å². The molecule has 0 aromatic heterocycles. The fraction of sp³-hybridized carbons (Fsp3) is 0.923. The predicted molar refractivity (Wildman–Crippen MR) is 64.0 cm³/mol. The van der Waals surface area contributed by atoms with Gasteiger partial charge in [0.1, 0.15) is 0 Å². The smallest absolute Gasteiger partial charge is 0.309 e. The minimum absolute atomic E-state index is 0.442. The second-order valence-electron chi connectivity index (χ2n) is 4.50. The first kappa shape index (κ1) is 14.5. The molecule has 0 heterocycles. The number of aliphatic carboxylic acids is 1. The maximum Gasteiger partial charge on any atom is 0.309 e. The third-order valence-electron chi connectivity index (χ3n) is 3.37. The van der Waals surface area contributed by atoms with Crippen LogP contribution in [0.3, 0.4) is 0 Å². The summed E-state index contributed by atoms with van der Waals surface area (Å²) in [4.78, 5) is 11.3. The zero-order valence-corrected chi connectivity index (χ0v) is 10.5. The largest absolute Gasteiger partial charge is 0.481 e. The Bertz CT molecular complexity index is 177. The molecule has 0 radical (unpaired) electrons. The van der Waals surface area contributed by atoms with Crippen LogP contribution in [-0.4, -0.2) is 11.1 Å². The molecule has 0 aliphatic carbocycles. The number of hydrogen-bond donors (Lipinski definition) is 1. The summed E-state index contributed by atoms with van der Waals surface area (Å²) < 4.78 is 0. The number of carbonyl (C=O) groups is 1. The molecule has 0 aromatic carbocycles. The fourth-order valence-electron chi connectivity index (χ4n) is 2.21. The van der Waals surface area contributed by atoms with Crippen molar-refractivity contribution in [3.8, 4) is 0 Å². The van der Waals surface area contributed by atoms with Gasteiger partial charge < -0.3 is 5.11 Å². The second kappa shape index (κ2) is 7.72. The minimum Gasteiger partial charge on any atom is -0.481 e. The lowest BCUT2D eigenvalue weighted by Crippen LogP contribution is -2.30. The molecule has 0 aliphatic heterocycles. The number of hydrogen-bond acceptors (Lipinski definition) is 1. The van der Waals surface area contributed by atoms with Crippen LogP contribution in [0.5, 0.6) is 0 Å². The average molecular weight is 214 g/mol. The van der Waals surface area contributed by atoms with Gasteiger partial charge in [0.05, 0.1) is 5.41 Å². The van der Waals surface area contributed by atoms with Gasteiger partial charge in [-0.15, -0.1) is 0 Å². The Kier molecular flexibility index (Phi) is 7.45. The molecule has 0 bridgehead atoms. The average Bonchev–Trinajstić information content (AvgIpc) is 2.22. The van der Waals surface area contributed by atoms with E-state index < -0.39 is 11.4 Å². The van der Waals surface area contributed by atoms with E-state index in [4.69, 9.17) is 0 Å². The van der Waals surface area contributed by atoms with Gasteiger partial charge in [0.25, 0.3) is 0 Å². The van der Waals surface area contributed by atoms with E-state index in [0.717, 1.165) is 32.1 Å². The highest BCUT2D eigenvalue weighted by Crippen LogP contribution is 2.34. The monoisotopic (exact) mass is 214 g/mol. The van der Waals surface area contributed by atoms with E-state index in [2.05, 4.69) is 13.8 Å². The Hall–Kier alpha value is -0.530. The zero-order chi connectivity index (χ0) is 11.7. The minimum atomic E-state index is -0.594. The van der Waals surface area contributed by atoms with E-state index in [9.17, 15) is 9.90 Å². The maximum absolute atomic E-state index is 11.3. The second-order valence-corrected chi connectivity index (χ2v) is 4.50. The standard InChI is InChI=1S/C13H26O2/c1-4-7-8-9-11-13(6-3,10-5-2)12(14)15/h4-11H2,1-3H3,(H,14,15). The van der Waals surface area contributed by atoms with Gasteiger partial charge in [-0.05, 0) is 19.3 Å². The molecule has 0 aliphatic rings. The van der Waals surface area contributed by atoms with Gasteiger partial charge in [0, 0.05) is 0 Å². The summed E-state index contributed by atoms with van der Waals surface area (Å²) >= 11 is 0. The molecule has 0 amide bonds. The van der Waals surface area contributed by atoms with E-state index in [0.29, 0.717) is 0 Å². The lowest BCUT2D eigenvalue weighted by Gasteiger charge is -2.27. The highest BCUT2D eigenvalue weighted by molar-refractivity contribution is 5.74. The molecule has 0 saturated carbocycles. The highest BCUT2D eigenvalue weighted by atomic mass is 16.4. The van der Waals surface area contributed by atoms with Crippen LogP contribution in [0, 0.1) is 5.41 Å². The van der Waals surface area contributed by atoms with Crippen LogP contribution >= 0.6 is 0 Å². The normalized spacial score (nSPS) is 14.9. The number of unbranched alkanes of at least 4 members (excludes halogenated alkanes) is 3. The lowest BCUT2D eigenvalue weighted by atomic mass is 9.76. The molecule has 0 fully saturated rings.